The number of amides is 2. The summed E-state index contributed by atoms with van der Waals surface area (Å²) in [6.45, 7) is 2.30. The molecular weight excluding hydrogens is 455 g/mol. The molecule has 1 fully saturated rings. The number of hydrogen-bond acceptors (Lipinski definition) is 4. The van der Waals surface area contributed by atoms with Gasteiger partial charge in [0.2, 0.25) is 0 Å². The fourth-order valence-corrected chi connectivity index (χ4v) is 4.05. The summed E-state index contributed by atoms with van der Waals surface area (Å²) in [5.74, 6) is -0.636. The zero-order valence-electron chi connectivity index (χ0n) is 16.3. The number of hydrogen-bond donors (Lipinski definition) is 1. The molecule has 2 amide bonds. The van der Waals surface area contributed by atoms with Gasteiger partial charge in [-0.25, -0.2) is 0 Å². The first-order valence-corrected chi connectivity index (χ1v) is 10.6. The van der Waals surface area contributed by atoms with Crippen molar-refractivity contribution in [2.45, 2.75) is 6.92 Å². The van der Waals surface area contributed by atoms with Gasteiger partial charge in [0.05, 0.1) is 22.3 Å². The van der Waals surface area contributed by atoms with Crippen LogP contribution in [0.15, 0.2) is 60.2 Å². The van der Waals surface area contributed by atoms with Crippen molar-refractivity contribution in [2.24, 2.45) is 0 Å². The predicted molar refractivity (Wildman–Crippen MR) is 128 cm³/mol. The maximum absolute atomic E-state index is 13.4. The number of nitrogens with one attached hydrogen (secondary N) is 1. The van der Waals surface area contributed by atoms with Crippen molar-refractivity contribution in [1.29, 1.82) is 0 Å². The van der Waals surface area contributed by atoms with Crippen molar-refractivity contribution in [2.75, 3.05) is 11.5 Å². The quantitative estimate of drug-likeness (QED) is 0.316. The first-order chi connectivity index (χ1) is 14.9. The van der Waals surface area contributed by atoms with E-state index in [4.69, 9.17) is 40.2 Å². The van der Waals surface area contributed by atoms with Crippen LogP contribution in [0.3, 0.4) is 0 Å². The molecule has 1 aliphatic rings. The minimum atomic E-state index is -0.603. The van der Waals surface area contributed by atoms with Gasteiger partial charge in [-0.3, -0.25) is 19.8 Å². The van der Waals surface area contributed by atoms with Gasteiger partial charge >= 0.3 is 0 Å². The standard InChI is InChI=1S/C23H16Cl2N2O3S/c1-2-30-19-11-10-13-6-3-4-7-14(13)15(19)12-16-21(28)26-23(31)27(22(16)29)18-9-5-8-17(24)20(18)25/h3-12H,2H2,1H3,(H,26,28,31). The summed E-state index contributed by atoms with van der Waals surface area (Å²) in [7, 11) is 0. The first-order valence-electron chi connectivity index (χ1n) is 9.42. The zero-order chi connectivity index (χ0) is 22.1. The van der Waals surface area contributed by atoms with Gasteiger partial charge in [-0.2, -0.15) is 0 Å². The van der Waals surface area contributed by atoms with Crippen LogP contribution in [0.25, 0.3) is 16.8 Å². The molecule has 0 aliphatic carbocycles. The van der Waals surface area contributed by atoms with Crippen LogP contribution >= 0.6 is 35.4 Å². The fourth-order valence-electron chi connectivity index (χ4n) is 3.39. The van der Waals surface area contributed by atoms with Crippen molar-refractivity contribution in [3.05, 3.63) is 75.8 Å². The lowest BCUT2D eigenvalue weighted by Crippen LogP contribution is -2.54. The lowest BCUT2D eigenvalue weighted by Gasteiger charge is -2.29. The molecule has 0 unspecified atom stereocenters. The lowest BCUT2D eigenvalue weighted by atomic mass is 9.99. The van der Waals surface area contributed by atoms with E-state index in [1.54, 1.807) is 18.2 Å². The van der Waals surface area contributed by atoms with Gasteiger partial charge in [-0.1, -0.05) is 59.6 Å². The molecule has 156 valence electrons. The van der Waals surface area contributed by atoms with Crippen molar-refractivity contribution in [1.82, 2.24) is 5.32 Å². The third-order valence-corrected chi connectivity index (χ3v) is 5.89. The summed E-state index contributed by atoms with van der Waals surface area (Å²) in [6.07, 6.45) is 1.53. The van der Waals surface area contributed by atoms with E-state index < -0.39 is 11.8 Å². The van der Waals surface area contributed by atoms with Crippen LogP contribution in [0, 0.1) is 0 Å². The number of carbonyl (C=O) groups is 2. The second-order valence-electron chi connectivity index (χ2n) is 6.66. The summed E-state index contributed by atoms with van der Waals surface area (Å²) in [6, 6.07) is 16.3. The molecule has 5 nitrogen and oxygen atoms in total. The van der Waals surface area contributed by atoms with Crippen molar-refractivity contribution in [3.8, 4) is 5.75 Å². The Balaban J connectivity index is 1.89. The average Bonchev–Trinajstić information content (AvgIpc) is 2.75. The maximum Gasteiger partial charge on any atom is 0.270 e. The minimum Gasteiger partial charge on any atom is -0.493 e. The second-order valence-corrected chi connectivity index (χ2v) is 7.83. The molecule has 3 aromatic rings. The van der Waals surface area contributed by atoms with Gasteiger partial charge < -0.3 is 4.74 Å². The van der Waals surface area contributed by atoms with E-state index in [-0.39, 0.29) is 26.4 Å². The monoisotopic (exact) mass is 470 g/mol. The van der Waals surface area contributed by atoms with E-state index in [9.17, 15) is 9.59 Å². The van der Waals surface area contributed by atoms with E-state index in [1.807, 2.05) is 43.3 Å². The van der Waals surface area contributed by atoms with Crippen LogP contribution in [0.2, 0.25) is 10.0 Å². The van der Waals surface area contributed by atoms with E-state index >= 15 is 0 Å². The van der Waals surface area contributed by atoms with Crippen LogP contribution < -0.4 is 15.0 Å². The lowest BCUT2D eigenvalue weighted by molar-refractivity contribution is -0.122. The number of rotatable bonds is 4. The topological polar surface area (TPSA) is 58.6 Å². The third-order valence-electron chi connectivity index (χ3n) is 4.79. The van der Waals surface area contributed by atoms with Gasteiger partial charge in [0.1, 0.15) is 11.3 Å². The first kappa shape index (κ1) is 21.3. The summed E-state index contributed by atoms with van der Waals surface area (Å²) in [5.41, 5.74) is 0.823. The SMILES string of the molecule is CCOc1ccc2ccccc2c1C=C1C(=O)NC(=S)N(c2cccc(Cl)c2Cl)C1=O. The Labute approximate surface area is 194 Å². The molecule has 0 spiro atoms. The van der Waals surface area contributed by atoms with E-state index in [2.05, 4.69) is 5.32 Å². The van der Waals surface area contributed by atoms with E-state index in [0.29, 0.717) is 17.9 Å². The van der Waals surface area contributed by atoms with Gasteiger partial charge in [0.25, 0.3) is 11.8 Å². The molecular formula is C23H16Cl2N2O3S. The third kappa shape index (κ3) is 3.90. The molecule has 1 heterocycles. The minimum absolute atomic E-state index is 0.0701. The van der Waals surface area contributed by atoms with Crippen LogP contribution in [-0.2, 0) is 9.59 Å². The molecule has 0 radical (unpaired) electrons. The molecule has 4 rings (SSSR count). The van der Waals surface area contributed by atoms with Gasteiger partial charge in [0, 0.05) is 5.56 Å². The van der Waals surface area contributed by atoms with Crippen molar-refractivity contribution in [3.63, 3.8) is 0 Å². The van der Waals surface area contributed by atoms with Crippen LogP contribution in [0.5, 0.6) is 5.75 Å². The summed E-state index contributed by atoms with van der Waals surface area (Å²) in [5, 5.41) is 4.72. The molecule has 0 saturated carbocycles. The fraction of sp³-hybridized carbons (Fsp3) is 0.0870. The molecule has 8 heteroatoms. The molecule has 31 heavy (non-hydrogen) atoms. The number of thiocarbonyl (C=S) groups is 1. The Bertz CT molecular complexity index is 1270. The largest absolute Gasteiger partial charge is 0.493 e. The van der Waals surface area contributed by atoms with Crippen molar-refractivity contribution < 1.29 is 14.3 Å². The number of nitrogens with zero attached hydrogens (tertiary/aromatic N) is 1. The normalized spacial score (nSPS) is 15.5. The number of fused-ring (bicyclic) bond motifs is 1. The number of ether oxygens (including phenoxy) is 1. The molecule has 0 bridgehead atoms. The van der Waals surface area contributed by atoms with Crippen LogP contribution in [0.1, 0.15) is 12.5 Å². The summed E-state index contributed by atoms with van der Waals surface area (Å²) >= 11 is 17.7. The van der Waals surface area contributed by atoms with Gasteiger partial charge in [0.15, 0.2) is 5.11 Å². The Hall–Kier alpha value is -2.93. The number of anilines is 1. The Morgan fingerprint density at radius 3 is 2.61 bits per heavy atom. The predicted octanol–water partition coefficient (Wildman–Crippen LogP) is 5.38. The van der Waals surface area contributed by atoms with Crippen LogP contribution in [0.4, 0.5) is 5.69 Å². The highest BCUT2D eigenvalue weighted by molar-refractivity contribution is 7.80. The highest BCUT2D eigenvalue weighted by atomic mass is 35.5. The average molecular weight is 471 g/mol. The zero-order valence-corrected chi connectivity index (χ0v) is 18.6. The smallest absolute Gasteiger partial charge is 0.270 e. The number of carbonyl (C=O) groups excluding carboxylic acids is 2. The molecule has 0 aromatic heterocycles. The molecule has 1 saturated heterocycles. The van der Waals surface area contributed by atoms with Gasteiger partial charge in [-0.15, -0.1) is 0 Å². The molecule has 3 aromatic carbocycles. The Morgan fingerprint density at radius 2 is 1.84 bits per heavy atom. The summed E-state index contributed by atoms with van der Waals surface area (Å²) in [4.78, 5) is 27.3. The molecule has 1 N–H and O–H groups in total. The Kier molecular flexibility index (Phi) is 5.96. The molecule has 0 atom stereocenters. The van der Waals surface area contributed by atoms with E-state index in [0.717, 1.165) is 10.8 Å². The number of benzene rings is 3. The second kappa shape index (κ2) is 8.67. The highest BCUT2D eigenvalue weighted by Crippen LogP contribution is 2.35. The van der Waals surface area contributed by atoms with Crippen molar-refractivity contribution >= 4 is 74.9 Å². The highest BCUT2D eigenvalue weighted by Gasteiger charge is 2.36. The number of halogens is 2. The Morgan fingerprint density at radius 1 is 1.06 bits per heavy atom. The van der Waals surface area contributed by atoms with Crippen LogP contribution in [-0.4, -0.2) is 23.5 Å². The van der Waals surface area contributed by atoms with Gasteiger partial charge in [-0.05, 0) is 54.2 Å². The maximum atomic E-state index is 13.4. The molecule has 1 aliphatic heterocycles. The summed E-state index contributed by atoms with van der Waals surface area (Å²) < 4.78 is 5.76. The van der Waals surface area contributed by atoms with E-state index in [1.165, 1.54) is 11.0 Å².